The molecule has 0 bridgehead atoms. The number of hydrogen-bond donors (Lipinski definition) is 0. The van der Waals surface area contributed by atoms with E-state index in [9.17, 15) is 0 Å². The van der Waals surface area contributed by atoms with Crippen LogP contribution >= 0.6 is 11.6 Å². The predicted molar refractivity (Wildman–Crippen MR) is 82.6 cm³/mol. The molecule has 1 radical (unpaired) electrons. The van der Waals surface area contributed by atoms with Crippen LogP contribution in [0.1, 0.15) is 18.4 Å². The molecule has 0 N–H and O–H groups in total. The van der Waals surface area contributed by atoms with E-state index >= 15 is 0 Å². The number of benzene rings is 2. The molecule has 99 valence electrons. The van der Waals surface area contributed by atoms with Gasteiger partial charge < -0.3 is 4.90 Å². The Labute approximate surface area is 120 Å². The summed E-state index contributed by atoms with van der Waals surface area (Å²) in [5.74, 6) is 0.723. The van der Waals surface area contributed by atoms with Gasteiger partial charge in [-0.3, -0.25) is 0 Å². The molecule has 1 fully saturated rings. The second-order valence-electron chi connectivity index (χ2n) is 5.56. The fraction of sp³-hybridized carbons (Fsp3) is 0.353. The average molecular weight is 273 g/mol. The normalized spacial score (nSPS) is 18.0. The van der Waals surface area contributed by atoms with Crippen molar-refractivity contribution < 1.29 is 0 Å². The van der Waals surface area contributed by atoms with Crippen LogP contribution in [-0.4, -0.2) is 25.0 Å². The van der Waals surface area contributed by atoms with Gasteiger partial charge in [0.2, 0.25) is 0 Å². The fourth-order valence-corrected chi connectivity index (χ4v) is 2.99. The third-order valence-corrected chi connectivity index (χ3v) is 4.25. The molecule has 0 unspecified atom stereocenters. The van der Waals surface area contributed by atoms with Crippen LogP contribution in [0.25, 0.3) is 10.8 Å². The van der Waals surface area contributed by atoms with Crippen LogP contribution in [0.4, 0.5) is 0 Å². The van der Waals surface area contributed by atoms with Gasteiger partial charge >= 0.3 is 0 Å². The quantitative estimate of drug-likeness (QED) is 0.784. The Morgan fingerprint density at radius 1 is 1.05 bits per heavy atom. The fourth-order valence-electron chi connectivity index (χ4n) is 2.81. The summed E-state index contributed by atoms with van der Waals surface area (Å²) < 4.78 is 0. The van der Waals surface area contributed by atoms with Gasteiger partial charge in [-0.05, 0) is 73.8 Å². The first-order chi connectivity index (χ1) is 9.20. The van der Waals surface area contributed by atoms with Gasteiger partial charge in [0.25, 0.3) is 0 Å². The van der Waals surface area contributed by atoms with Crippen molar-refractivity contribution in [3.8, 4) is 0 Å². The Balaban J connectivity index is 1.76. The first kappa shape index (κ1) is 13.0. The van der Waals surface area contributed by atoms with E-state index in [1.165, 1.54) is 42.3 Å². The highest BCUT2D eigenvalue weighted by Gasteiger charge is 2.17. The number of fused-ring (bicyclic) bond motifs is 1. The molecular formula is C17H19ClN. The molecule has 3 rings (SSSR count). The molecule has 0 spiro atoms. The average Bonchev–Trinajstić information content (AvgIpc) is 2.42. The number of likely N-dealkylation sites (tertiary alicyclic amines) is 1. The lowest BCUT2D eigenvalue weighted by Gasteiger charge is -2.28. The highest BCUT2D eigenvalue weighted by Crippen LogP contribution is 2.26. The van der Waals surface area contributed by atoms with Crippen molar-refractivity contribution in [2.45, 2.75) is 12.8 Å². The van der Waals surface area contributed by atoms with Gasteiger partial charge in [-0.2, -0.15) is 0 Å². The molecule has 1 saturated heterocycles. The smallest absolute Gasteiger partial charge is 0.0412 e. The number of rotatable bonds is 2. The summed E-state index contributed by atoms with van der Waals surface area (Å²) in [5.41, 5.74) is 1.34. The van der Waals surface area contributed by atoms with Gasteiger partial charge in [0.15, 0.2) is 0 Å². The van der Waals surface area contributed by atoms with E-state index in [2.05, 4.69) is 42.6 Å². The van der Waals surface area contributed by atoms with Crippen molar-refractivity contribution in [2.24, 2.45) is 5.92 Å². The van der Waals surface area contributed by atoms with E-state index in [-0.39, 0.29) is 0 Å². The van der Waals surface area contributed by atoms with Gasteiger partial charge in [-0.15, -0.1) is 0 Å². The second-order valence-corrected chi connectivity index (χ2v) is 5.99. The van der Waals surface area contributed by atoms with Crippen LogP contribution in [0.15, 0.2) is 36.4 Å². The van der Waals surface area contributed by atoms with Gasteiger partial charge in [0, 0.05) is 5.02 Å². The number of halogens is 1. The summed E-state index contributed by atoms with van der Waals surface area (Å²) in [4.78, 5) is 2.41. The zero-order valence-electron chi connectivity index (χ0n) is 11.3. The number of hydrogen-bond acceptors (Lipinski definition) is 1. The van der Waals surface area contributed by atoms with Gasteiger partial charge in [-0.1, -0.05) is 35.9 Å². The highest BCUT2D eigenvalue weighted by molar-refractivity contribution is 6.31. The van der Waals surface area contributed by atoms with Crippen LogP contribution < -0.4 is 0 Å². The minimum Gasteiger partial charge on any atom is -0.306 e. The minimum atomic E-state index is 0.723. The van der Waals surface area contributed by atoms with Gasteiger partial charge in [-0.25, -0.2) is 0 Å². The molecule has 0 aliphatic carbocycles. The van der Waals surface area contributed by atoms with Crippen molar-refractivity contribution >= 4 is 22.4 Å². The Morgan fingerprint density at radius 2 is 1.74 bits per heavy atom. The van der Waals surface area contributed by atoms with Gasteiger partial charge in [0.1, 0.15) is 0 Å². The van der Waals surface area contributed by atoms with Crippen molar-refractivity contribution in [1.29, 1.82) is 0 Å². The molecule has 0 amide bonds. The number of piperidine rings is 1. The van der Waals surface area contributed by atoms with E-state index < -0.39 is 0 Å². The molecule has 2 aromatic carbocycles. The van der Waals surface area contributed by atoms with Crippen molar-refractivity contribution in [2.75, 3.05) is 20.1 Å². The molecule has 2 aromatic rings. The first-order valence-electron chi connectivity index (χ1n) is 6.93. The van der Waals surface area contributed by atoms with Crippen molar-refractivity contribution in [3.63, 3.8) is 0 Å². The van der Waals surface area contributed by atoms with E-state index in [1.54, 1.807) is 0 Å². The molecule has 0 atom stereocenters. The molecule has 2 heteroatoms. The summed E-state index contributed by atoms with van der Waals surface area (Å²) in [6, 6.07) is 12.7. The van der Waals surface area contributed by atoms with E-state index in [4.69, 9.17) is 11.6 Å². The third-order valence-electron chi connectivity index (χ3n) is 4.02. The molecule has 0 aromatic heterocycles. The SMILES string of the molecule is CN1CCC([CH]c2ccc3cc(Cl)ccc3c2)CC1. The lowest BCUT2D eigenvalue weighted by atomic mass is 9.90. The van der Waals surface area contributed by atoms with E-state index in [0.717, 1.165) is 10.9 Å². The summed E-state index contributed by atoms with van der Waals surface area (Å²) in [5, 5.41) is 3.29. The predicted octanol–water partition coefficient (Wildman–Crippen LogP) is 4.39. The Bertz CT molecular complexity index is 570. The van der Waals surface area contributed by atoms with Crippen molar-refractivity contribution in [3.05, 3.63) is 53.4 Å². The summed E-state index contributed by atoms with van der Waals surface area (Å²) in [6.45, 7) is 2.43. The van der Waals surface area contributed by atoms with E-state index in [1.807, 2.05) is 12.1 Å². The second kappa shape index (κ2) is 5.52. The lowest BCUT2D eigenvalue weighted by molar-refractivity contribution is 0.238. The van der Waals surface area contributed by atoms with Gasteiger partial charge in [0.05, 0.1) is 0 Å². The third kappa shape index (κ3) is 3.10. The zero-order valence-corrected chi connectivity index (χ0v) is 12.0. The van der Waals surface area contributed by atoms with Crippen molar-refractivity contribution in [1.82, 2.24) is 4.90 Å². The number of nitrogens with zero attached hydrogens (tertiary/aromatic N) is 1. The molecule has 1 aliphatic heterocycles. The molecular weight excluding hydrogens is 254 g/mol. The molecule has 1 aliphatic rings. The standard InChI is InChI=1S/C17H19ClN/c1-19-8-6-13(7-9-19)10-14-2-3-16-12-17(18)5-4-15(16)11-14/h2-5,10-13H,6-9H2,1H3. The first-order valence-corrected chi connectivity index (χ1v) is 7.31. The van der Waals surface area contributed by atoms with Crippen LogP contribution in [0.2, 0.25) is 5.02 Å². The Hall–Kier alpha value is -1.05. The van der Waals surface area contributed by atoms with E-state index in [0.29, 0.717) is 0 Å². The Kier molecular flexibility index (Phi) is 3.76. The summed E-state index contributed by atoms with van der Waals surface area (Å²) in [6.07, 6.45) is 4.98. The van der Waals surface area contributed by atoms with Crippen LogP contribution in [0, 0.1) is 12.3 Å². The maximum absolute atomic E-state index is 6.02. The lowest BCUT2D eigenvalue weighted by Crippen LogP contribution is -2.30. The van der Waals surface area contributed by atoms with Crippen LogP contribution in [0.3, 0.4) is 0 Å². The largest absolute Gasteiger partial charge is 0.306 e. The Morgan fingerprint density at radius 3 is 2.53 bits per heavy atom. The molecule has 1 heterocycles. The molecule has 1 nitrogen and oxygen atoms in total. The van der Waals surface area contributed by atoms with Crippen LogP contribution in [0.5, 0.6) is 0 Å². The summed E-state index contributed by atoms with van der Waals surface area (Å²) >= 11 is 6.02. The maximum Gasteiger partial charge on any atom is 0.0412 e. The topological polar surface area (TPSA) is 3.24 Å². The minimum absolute atomic E-state index is 0.723. The highest BCUT2D eigenvalue weighted by atomic mass is 35.5. The maximum atomic E-state index is 6.02. The monoisotopic (exact) mass is 272 g/mol. The molecule has 19 heavy (non-hydrogen) atoms. The molecule has 0 saturated carbocycles. The zero-order chi connectivity index (χ0) is 13.2. The summed E-state index contributed by atoms with van der Waals surface area (Å²) in [7, 11) is 2.20. The van der Waals surface area contributed by atoms with Crippen LogP contribution in [-0.2, 0) is 0 Å².